The van der Waals surface area contributed by atoms with Gasteiger partial charge in [0.15, 0.2) is 0 Å². The fourth-order valence-corrected chi connectivity index (χ4v) is 1.59. The van der Waals surface area contributed by atoms with Crippen molar-refractivity contribution in [3.63, 3.8) is 0 Å². The molecule has 0 fully saturated rings. The predicted octanol–water partition coefficient (Wildman–Crippen LogP) is 2.50. The molecule has 2 heterocycles. The molecular weight excluding hydrogens is 230 g/mol. The Balaban J connectivity index is 2.00. The van der Waals surface area contributed by atoms with E-state index >= 15 is 0 Å². The Bertz CT molecular complexity index is 665. The summed E-state index contributed by atoms with van der Waals surface area (Å²) in [7, 11) is 0. The monoisotopic (exact) mass is 239 g/mol. The van der Waals surface area contributed by atoms with Gasteiger partial charge in [-0.1, -0.05) is 17.3 Å². The van der Waals surface area contributed by atoms with E-state index in [1.54, 1.807) is 42.7 Å². The van der Waals surface area contributed by atoms with Crippen LogP contribution in [0.15, 0.2) is 53.3 Å². The number of pyridine rings is 1. The molecule has 88 valence electrons. The van der Waals surface area contributed by atoms with Gasteiger partial charge in [0.1, 0.15) is 5.75 Å². The van der Waals surface area contributed by atoms with Crippen LogP contribution < -0.4 is 0 Å². The molecule has 1 aromatic carbocycles. The van der Waals surface area contributed by atoms with Crippen LogP contribution in [-0.4, -0.2) is 20.2 Å². The number of hydrogen-bond donors (Lipinski definition) is 1. The van der Waals surface area contributed by atoms with Gasteiger partial charge in [-0.2, -0.15) is 4.98 Å². The van der Waals surface area contributed by atoms with Crippen molar-refractivity contribution in [2.45, 2.75) is 0 Å². The normalized spacial score (nSPS) is 10.4. The number of phenolic OH excluding ortho intramolecular Hbond substituents is 1. The Morgan fingerprint density at radius 2 is 1.94 bits per heavy atom. The highest BCUT2D eigenvalue weighted by molar-refractivity contribution is 5.60. The van der Waals surface area contributed by atoms with Gasteiger partial charge < -0.3 is 9.63 Å². The Hall–Kier alpha value is -2.69. The molecule has 2 aromatic heterocycles. The zero-order valence-electron chi connectivity index (χ0n) is 9.32. The van der Waals surface area contributed by atoms with Crippen molar-refractivity contribution in [3.05, 3.63) is 48.8 Å². The van der Waals surface area contributed by atoms with Gasteiger partial charge >= 0.3 is 0 Å². The SMILES string of the molecule is Oc1cccc(-c2noc(-c3cccnc3)n2)c1. The third-order valence-electron chi connectivity index (χ3n) is 2.44. The van der Waals surface area contributed by atoms with Crippen molar-refractivity contribution in [3.8, 4) is 28.6 Å². The Morgan fingerprint density at radius 1 is 1.06 bits per heavy atom. The molecule has 0 amide bonds. The summed E-state index contributed by atoms with van der Waals surface area (Å²) >= 11 is 0. The lowest BCUT2D eigenvalue weighted by molar-refractivity contribution is 0.432. The van der Waals surface area contributed by atoms with Crippen LogP contribution >= 0.6 is 0 Å². The molecule has 0 bridgehead atoms. The number of nitrogens with zero attached hydrogens (tertiary/aromatic N) is 3. The number of aromatic nitrogens is 3. The van der Waals surface area contributed by atoms with E-state index in [1.807, 2.05) is 6.07 Å². The van der Waals surface area contributed by atoms with Gasteiger partial charge in [-0.05, 0) is 24.3 Å². The summed E-state index contributed by atoms with van der Waals surface area (Å²) in [6.07, 6.45) is 3.33. The first-order valence-electron chi connectivity index (χ1n) is 5.36. The van der Waals surface area contributed by atoms with Crippen LogP contribution in [0.25, 0.3) is 22.8 Å². The molecule has 0 atom stereocenters. The van der Waals surface area contributed by atoms with Crippen LogP contribution in [0.2, 0.25) is 0 Å². The first kappa shape index (κ1) is 10.5. The summed E-state index contributed by atoms with van der Waals surface area (Å²) in [5.74, 6) is 1.01. The minimum absolute atomic E-state index is 0.167. The van der Waals surface area contributed by atoms with E-state index in [9.17, 15) is 5.11 Å². The van der Waals surface area contributed by atoms with E-state index in [4.69, 9.17) is 4.52 Å². The predicted molar refractivity (Wildman–Crippen MR) is 64.6 cm³/mol. The van der Waals surface area contributed by atoms with Gasteiger partial charge in [0.2, 0.25) is 5.82 Å². The van der Waals surface area contributed by atoms with Crippen molar-refractivity contribution in [2.24, 2.45) is 0 Å². The molecule has 5 heteroatoms. The van der Waals surface area contributed by atoms with Gasteiger partial charge in [0.05, 0.1) is 5.56 Å². The van der Waals surface area contributed by atoms with Crippen LogP contribution in [0.3, 0.4) is 0 Å². The summed E-state index contributed by atoms with van der Waals surface area (Å²) < 4.78 is 5.16. The lowest BCUT2D eigenvalue weighted by Crippen LogP contribution is -1.81. The Labute approximate surface area is 103 Å². The molecule has 1 N–H and O–H groups in total. The lowest BCUT2D eigenvalue weighted by Gasteiger charge is -1.94. The van der Waals surface area contributed by atoms with Crippen molar-refractivity contribution < 1.29 is 9.63 Å². The van der Waals surface area contributed by atoms with Crippen LogP contribution in [0.5, 0.6) is 5.75 Å². The summed E-state index contributed by atoms with van der Waals surface area (Å²) in [5, 5.41) is 13.3. The second-order valence-corrected chi connectivity index (χ2v) is 3.72. The maximum absolute atomic E-state index is 9.40. The van der Waals surface area contributed by atoms with E-state index in [2.05, 4.69) is 15.1 Å². The third kappa shape index (κ3) is 1.93. The van der Waals surface area contributed by atoms with Gasteiger partial charge in [-0.3, -0.25) is 4.98 Å². The highest BCUT2D eigenvalue weighted by Crippen LogP contribution is 2.23. The highest BCUT2D eigenvalue weighted by Gasteiger charge is 2.10. The standard InChI is InChI=1S/C13H9N3O2/c17-11-5-1-3-9(7-11)12-15-13(18-16-12)10-4-2-6-14-8-10/h1-8,17H. The lowest BCUT2D eigenvalue weighted by atomic mass is 10.2. The number of benzene rings is 1. The molecule has 0 saturated carbocycles. The number of aromatic hydroxyl groups is 1. The molecule has 3 aromatic rings. The maximum Gasteiger partial charge on any atom is 0.259 e. The van der Waals surface area contributed by atoms with E-state index < -0.39 is 0 Å². The van der Waals surface area contributed by atoms with Gasteiger partial charge in [0.25, 0.3) is 5.89 Å². The summed E-state index contributed by atoms with van der Waals surface area (Å²) in [4.78, 5) is 8.25. The topological polar surface area (TPSA) is 72.0 Å². The molecule has 0 unspecified atom stereocenters. The molecule has 0 aliphatic carbocycles. The quantitative estimate of drug-likeness (QED) is 0.743. The molecule has 0 radical (unpaired) electrons. The van der Waals surface area contributed by atoms with Crippen molar-refractivity contribution in [1.82, 2.24) is 15.1 Å². The smallest absolute Gasteiger partial charge is 0.259 e. The van der Waals surface area contributed by atoms with E-state index in [1.165, 1.54) is 0 Å². The average Bonchev–Trinajstić information content (AvgIpc) is 2.89. The number of phenols is 1. The average molecular weight is 239 g/mol. The van der Waals surface area contributed by atoms with E-state index in [-0.39, 0.29) is 5.75 Å². The largest absolute Gasteiger partial charge is 0.508 e. The third-order valence-corrected chi connectivity index (χ3v) is 2.44. The van der Waals surface area contributed by atoms with Crippen LogP contribution in [-0.2, 0) is 0 Å². The molecule has 18 heavy (non-hydrogen) atoms. The Morgan fingerprint density at radius 3 is 2.72 bits per heavy atom. The first-order chi connectivity index (χ1) is 8.83. The fraction of sp³-hybridized carbons (Fsp3) is 0. The first-order valence-corrected chi connectivity index (χ1v) is 5.36. The minimum Gasteiger partial charge on any atom is -0.508 e. The molecule has 0 spiro atoms. The molecule has 3 rings (SSSR count). The molecule has 0 aliphatic rings. The second-order valence-electron chi connectivity index (χ2n) is 3.72. The zero-order chi connectivity index (χ0) is 12.4. The van der Waals surface area contributed by atoms with Crippen molar-refractivity contribution in [2.75, 3.05) is 0 Å². The zero-order valence-corrected chi connectivity index (χ0v) is 9.32. The maximum atomic E-state index is 9.40. The highest BCUT2D eigenvalue weighted by atomic mass is 16.5. The van der Waals surface area contributed by atoms with E-state index in [0.29, 0.717) is 17.3 Å². The van der Waals surface area contributed by atoms with Crippen molar-refractivity contribution in [1.29, 1.82) is 0 Å². The van der Waals surface area contributed by atoms with Crippen LogP contribution in [0.1, 0.15) is 0 Å². The van der Waals surface area contributed by atoms with Crippen molar-refractivity contribution >= 4 is 0 Å². The molecule has 5 nitrogen and oxygen atoms in total. The summed E-state index contributed by atoms with van der Waals surface area (Å²) in [6.45, 7) is 0. The van der Waals surface area contributed by atoms with Crippen LogP contribution in [0.4, 0.5) is 0 Å². The van der Waals surface area contributed by atoms with Gasteiger partial charge in [-0.15, -0.1) is 0 Å². The number of rotatable bonds is 2. The molecule has 0 aliphatic heterocycles. The fourth-order valence-electron chi connectivity index (χ4n) is 1.59. The summed E-state index contributed by atoms with van der Waals surface area (Å²) in [5.41, 5.74) is 1.46. The minimum atomic E-state index is 0.167. The van der Waals surface area contributed by atoms with Gasteiger partial charge in [0, 0.05) is 18.0 Å². The Kier molecular flexibility index (Phi) is 2.49. The van der Waals surface area contributed by atoms with E-state index in [0.717, 1.165) is 5.56 Å². The van der Waals surface area contributed by atoms with Gasteiger partial charge in [-0.25, -0.2) is 0 Å². The molecule has 0 saturated heterocycles. The summed E-state index contributed by atoms with van der Waals surface area (Å²) in [6, 6.07) is 10.3. The second kappa shape index (κ2) is 4.29. The van der Waals surface area contributed by atoms with Crippen LogP contribution in [0, 0.1) is 0 Å². The number of hydrogen-bond acceptors (Lipinski definition) is 5. The molecular formula is C13H9N3O2.